The lowest BCUT2D eigenvalue weighted by Crippen LogP contribution is -2.01. The minimum absolute atomic E-state index is 0.217. The molecule has 1 aromatic heterocycles. The van der Waals surface area contributed by atoms with Crippen LogP contribution in [0.2, 0.25) is 0 Å². The van der Waals surface area contributed by atoms with Gasteiger partial charge >= 0.3 is 5.97 Å². The third-order valence-corrected chi connectivity index (χ3v) is 4.63. The summed E-state index contributed by atoms with van der Waals surface area (Å²) in [6.07, 6.45) is 0. The van der Waals surface area contributed by atoms with Gasteiger partial charge in [-0.15, -0.1) is 10.2 Å². The van der Waals surface area contributed by atoms with E-state index < -0.39 is 0 Å². The Labute approximate surface area is 153 Å². The molecule has 132 valence electrons. The van der Waals surface area contributed by atoms with Crippen molar-refractivity contribution in [2.45, 2.75) is 11.0 Å². The van der Waals surface area contributed by atoms with Gasteiger partial charge in [-0.2, -0.15) is 0 Å². The van der Waals surface area contributed by atoms with E-state index in [4.69, 9.17) is 18.6 Å². The predicted molar refractivity (Wildman–Crippen MR) is 93.2 cm³/mol. The summed E-state index contributed by atoms with van der Waals surface area (Å²) in [7, 11) is 1.36. The van der Waals surface area contributed by atoms with Crippen LogP contribution >= 0.6 is 11.8 Å². The first-order chi connectivity index (χ1) is 12.7. The van der Waals surface area contributed by atoms with E-state index in [0.29, 0.717) is 33.9 Å². The maximum absolute atomic E-state index is 11.6. The molecule has 0 spiro atoms. The Bertz CT molecular complexity index is 956. The van der Waals surface area contributed by atoms with Gasteiger partial charge in [-0.05, 0) is 35.9 Å². The highest BCUT2D eigenvalue weighted by molar-refractivity contribution is 7.98. The molecule has 0 N–H and O–H groups in total. The van der Waals surface area contributed by atoms with Crippen LogP contribution in [0.1, 0.15) is 15.9 Å². The molecule has 0 atom stereocenters. The fourth-order valence-electron chi connectivity index (χ4n) is 2.47. The largest absolute Gasteiger partial charge is 0.465 e. The number of aromatic nitrogens is 2. The van der Waals surface area contributed by atoms with Crippen molar-refractivity contribution in [3.63, 3.8) is 0 Å². The van der Waals surface area contributed by atoms with E-state index >= 15 is 0 Å². The molecule has 0 unspecified atom stereocenters. The summed E-state index contributed by atoms with van der Waals surface area (Å²) >= 11 is 1.39. The lowest BCUT2D eigenvalue weighted by atomic mass is 10.1. The van der Waals surface area contributed by atoms with Crippen molar-refractivity contribution in [1.82, 2.24) is 10.2 Å². The van der Waals surface area contributed by atoms with E-state index in [0.717, 1.165) is 11.1 Å². The molecule has 0 bridgehead atoms. The number of esters is 1. The van der Waals surface area contributed by atoms with Crippen molar-refractivity contribution in [3.8, 4) is 23.0 Å². The summed E-state index contributed by atoms with van der Waals surface area (Å²) in [6, 6.07) is 12.7. The van der Waals surface area contributed by atoms with Crippen molar-refractivity contribution in [2.24, 2.45) is 0 Å². The molecular formula is C18H14N2O5S. The smallest absolute Gasteiger partial charge is 0.337 e. The minimum atomic E-state index is -0.361. The van der Waals surface area contributed by atoms with Crippen LogP contribution in [0.4, 0.5) is 0 Å². The molecule has 3 aromatic rings. The molecule has 2 heterocycles. The molecule has 7 nitrogen and oxygen atoms in total. The normalized spacial score (nSPS) is 12.2. The quantitative estimate of drug-likeness (QED) is 0.498. The minimum Gasteiger partial charge on any atom is -0.465 e. The second-order valence-corrected chi connectivity index (χ2v) is 6.35. The molecule has 0 saturated carbocycles. The number of carbonyl (C=O) groups is 1. The summed E-state index contributed by atoms with van der Waals surface area (Å²) in [5, 5.41) is 8.58. The molecule has 1 aliphatic rings. The Balaban J connectivity index is 1.45. The van der Waals surface area contributed by atoms with E-state index in [1.54, 1.807) is 12.1 Å². The second kappa shape index (κ2) is 7.09. The van der Waals surface area contributed by atoms with Gasteiger partial charge in [0.15, 0.2) is 11.5 Å². The van der Waals surface area contributed by atoms with Gasteiger partial charge in [0, 0.05) is 11.3 Å². The molecule has 0 radical (unpaired) electrons. The molecule has 26 heavy (non-hydrogen) atoms. The van der Waals surface area contributed by atoms with Gasteiger partial charge in [-0.25, -0.2) is 4.79 Å². The summed E-state index contributed by atoms with van der Waals surface area (Å²) in [5.41, 5.74) is 2.24. The number of hydrogen-bond donors (Lipinski definition) is 0. The molecule has 0 fully saturated rings. The Kier molecular flexibility index (Phi) is 4.49. The monoisotopic (exact) mass is 370 g/mol. The van der Waals surface area contributed by atoms with Gasteiger partial charge in [0.1, 0.15) is 0 Å². The van der Waals surface area contributed by atoms with Crippen LogP contribution in [0, 0.1) is 0 Å². The first kappa shape index (κ1) is 16.5. The number of rotatable bonds is 5. The van der Waals surface area contributed by atoms with E-state index in [1.165, 1.54) is 18.9 Å². The Hall–Kier alpha value is -3.00. The van der Waals surface area contributed by atoms with E-state index in [2.05, 4.69) is 10.2 Å². The van der Waals surface area contributed by atoms with Crippen molar-refractivity contribution >= 4 is 17.7 Å². The Morgan fingerprint density at radius 3 is 2.92 bits per heavy atom. The van der Waals surface area contributed by atoms with E-state index in [1.807, 2.05) is 30.3 Å². The van der Waals surface area contributed by atoms with Gasteiger partial charge in [0.05, 0.1) is 12.7 Å². The topological polar surface area (TPSA) is 83.7 Å². The highest BCUT2D eigenvalue weighted by Gasteiger charge is 2.17. The number of carbonyl (C=O) groups excluding carboxylic acids is 1. The first-order valence-electron chi connectivity index (χ1n) is 7.76. The highest BCUT2D eigenvalue weighted by Crippen LogP contribution is 2.36. The number of thioether (sulfide) groups is 1. The average molecular weight is 370 g/mol. The number of hydrogen-bond acceptors (Lipinski definition) is 8. The van der Waals surface area contributed by atoms with Crippen LogP contribution < -0.4 is 9.47 Å². The molecule has 0 aliphatic carbocycles. The Morgan fingerprint density at radius 1 is 1.15 bits per heavy atom. The van der Waals surface area contributed by atoms with Crippen molar-refractivity contribution in [2.75, 3.05) is 13.9 Å². The van der Waals surface area contributed by atoms with Crippen LogP contribution in [0.25, 0.3) is 11.5 Å². The van der Waals surface area contributed by atoms with Crippen LogP contribution in [-0.4, -0.2) is 30.1 Å². The molecule has 0 amide bonds. The molecule has 1 aliphatic heterocycles. The molecule has 4 rings (SSSR count). The van der Waals surface area contributed by atoms with Gasteiger partial charge in [0.2, 0.25) is 12.7 Å². The Morgan fingerprint density at radius 2 is 2.04 bits per heavy atom. The number of nitrogens with zero attached hydrogens (tertiary/aromatic N) is 2. The van der Waals surface area contributed by atoms with Gasteiger partial charge in [0.25, 0.3) is 5.22 Å². The van der Waals surface area contributed by atoms with Crippen molar-refractivity contribution in [3.05, 3.63) is 53.6 Å². The third-order valence-electron chi connectivity index (χ3n) is 3.74. The number of benzene rings is 2. The number of fused-ring (bicyclic) bond motifs is 1. The first-order valence-corrected chi connectivity index (χ1v) is 8.75. The van der Waals surface area contributed by atoms with E-state index in [9.17, 15) is 4.79 Å². The maximum Gasteiger partial charge on any atom is 0.337 e. The number of methoxy groups -OCH3 is 1. The fraction of sp³-hybridized carbons (Fsp3) is 0.167. The fourth-order valence-corrected chi connectivity index (χ4v) is 3.17. The summed E-state index contributed by atoms with van der Waals surface area (Å²) in [4.78, 5) is 11.6. The van der Waals surface area contributed by atoms with E-state index in [-0.39, 0.29) is 12.8 Å². The predicted octanol–water partition coefficient (Wildman–Crippen LogP) is 3.54. The van der Waals surface area contributed by atoms with Crippen molar-refractivity contribution in [1.29, 1.82) is 0 Å². The maximum atomic E-state index is 11.6. The SMILES string of the molecule is COC(=O)c1cccc(CSc2nnc(-c3ccc4c(c3)OCO4)o2)c1. The van der Waals surface area contributed by atoms with Crippen molar-refractivity contribution < 1.29 is 23.4 Å². The second-order valence-electron chi connectivity index (χ2n) is 5.42. The lowest BCUT2D eigenvalue weighted by Gasteiger charge is -2.02. The zero-order valence-corrected chi connectivity index (χ0v) is 14.6. The van der Waals surface area contributed by atoms with Gasteiger partial charge in [-0.1, -0.05) is 23.9 Å². The summed E-state index contributed by atoms with van der Waals surface area (Å²) in [6.45, 7) is 0.217. The van der Waals surface area contributed by atoms with Gasteiger partial charge in [-0.3, -0.25) is 0 Å². The standard InChI is InChI=1S/C18H14N2O5S/c1-22-17(21)13-4-2-3-11(7-13)9-26-18-20-19-16(25-18)12-5-6-14-15(8-12)24-10-23-14/h2-8H,9-10H2,1H3. The van der Waals surface area contributed by atoms with Gasteiger partial charge < -0.3 is 18.6 Å². The third kappa shape index (κ3) is 3.36. The zero-order chi connectivity index (χ0) is 17.9. The molecule has 2 aromatic carbocycles. The lowest BCUT2D eigenvalue weighted by molar-refractivity contribution is 0.0600. The average Bonchev–Trinajstić information content (AvgIpc) is 3.34. The van der Waals surface area contributed by atoms with Crippen LogP contribution in [0.5, 0.6) is 11.5 Å². The molecule has 0 saturated heterocycles. The summed E-state index contributed by atoms with van der Waals surface area (Å²) < 4.78 is 21.1. The number of ether oxygens (including phenoxy) is 3. The van der Waals surface area contributed by atoms with Crippen LogP contribution in [0.15, 0.2) is 52.1 Å². The van der Waals surface area contributed by atoms with Crippen LogP contribution in [0.3, 0.4) is 0 Å². The molecule has 8 heteroatoms. The van der Waals surface area contributed by atoms with Crippen LogP contribution in [-0.2, 0) is 10.5 Å². The highest BCUT2D eigenvalue weighted by atomic mass is 32.2. The summed E-state index contributed by atoms with van der Waals surface area (Å²) in [5.74, 6) is 2.00. The molecular weight excluding hydrogens is 356 g/mol. The zero-order valence-electron chi connectivity index (χ0n) is 13.8.